The molecule has 0 saturated heterocycles. The van der Waals surface area contributed by atoms with E-state index in [0.717, 1.165) is 61.9 Å². The summed E-state index contributed by atoms with van der Waals surface area (Å²) in [7, 11) is 0. The highest BCUT2D eigenvalue weighted by molar-refractivity contribution is 6.04. The average Bonchev–Trinajstić information content (AvgIpc) is 3.51. The van der Waals surface area contributed by atoms with Crippen LogP contribution in [0.25, 0.3) is 66.8 Å². The summed E-state index contributed by atoms with van der Waals surface area (Å²) in [4.78, 5) is 2.51. The van der Waals surface area contributed by atoms with Crippen molar-refractivity contribution < 1.29 is 4.74 Å². The Morgan fingerprint density at radius 1 is 0.286 bits per heavy atom. The van der Waals surface area contributed by atoms with E-state index in [9.17, 15) is 0 Å². The quantitative estimate of drug-likeness (QED) is 0.176. The highest BCUT2D eigenvalue weighted by atomic mass is 16.5. The number of para-hydroxylation sites is 3. The molecule has 294 valence electrons. The molecule has 0 bridgehead atoms. The molecule has 13 rings (SSSR count). The lowest BCUT2D eigenvalue weighted by atomic mass is 9.66. The molecule has 10 aromatic carbocycles. The summed E-state index contributed by atoms with van der Waals surface area (Å²) in [5.41, 5.74) is 22.1. The van der Waals surface area contributed by atoms with Crippen LogP contribution in [0.4, 0.5) is 17.1 Å². The number of hydrogen-bond donors (Lipinski definition) is 0. The van der Waals surface area contributed by atoms with Gasteiger partial charge in [0.2, 0.25) is 0 Å². The number of nitrogens with zero attached hydrogens (tertiary/aromatic N) is 1. The van der Waals surface area contributed by atoms with Crippen LogP contribution in [0.1, 0.15) is 22.3 Å². The van der Waals surface area contributed by atoms with Crippen molar-refractivity contribution in [3.05, 3.63) is 259 Å². The number of hydrogen-bond acceptors (Lipinski definition) is 2. The molecular formula is C61H39NO. The standard InChI is InChI=1S/C61H39NO/c1-2-19-40(20-3-1)42-21-9-15-33-56(42)62(41-37-38-45-48-26-10-16-35-58(48)63-59-36-17-11-27-49(59)51(45)39-41)57-34-18-32-55-60(57)50-28-8-14-31-54(50)61(55)52-29-12-6-24-46(52)43-22-4-5-23-44(43)47-25-7-13-30-53(47)61/h1-39H. The van der Waals surface area contributed by atoms with E-state index in [0.29, 0.717) is 0 Å². The fourth-order valence-electron chi connectivity index (χ4n) is 11.0. The van der Waals surface area contributed by atoms with Gasteiger partial charge in [0.25, 0.3) is 0 Å². The molecule has 0 unspecified atom stereocenters. The summed E-state index contributed by atoms with van der Waals surface area (Å²) in [5.74, 6) is 1.71. The summed E-state index contributed by atoms with van der Waals surface area (Å²) in [6.45, 7) is 0. The molecule has 0 radical (unpaired) electrons. The summed E-state index contributed by atoms with van der Waals surface area (Å²) in [5, 5.41) is 0. The Hall–Kier alpha value is -8.20. The largest absolute Gasteiger partial charge is 0.456 e. The van der Waals surface area contributed by atoms with Crippen molar-refractivity contribution in [2.24, 2.45) is 0 Å². The Balaban J connectivity index is 1.15. The number of rotatable bonds is 4. The second-order valence-corrected chi connectivity index (χ2v) is 16.7. The molecule has 0 N–H and O–H groups in total. The number of fused-ring (bicyclic) bond motifs is 17. The first-order chi connectivity index (χ1) is 31.3. The van der Waals surface area contributed by atoms with Gasteiger partial charge >= 0.3 is 0 Å². The van der Waals surface area contributed by atoms with Crippen molar-refractivity contribution in [1.29, 1.82) is 0 Å². The van der Waals surface area contributed by atoms with E-state index in [2.05, 4.69) is 235 Å². The van der Waals surface area contributed by atoms with Crippen LogP contribution in [0.5, 0.6) is 11.5 Å². The molecule has 1 heterocycles. The predicted octanol–water partition coefficient (Wildman–Crippen LogP) is 16.3. The van der Waals surface area contributed by atoms with Gasteiger partial charge in [0.05, 0.1) is 16.8 Å². The minimum Gasteiger partial charge on any atom is -0.456 e. The van der Waals surface area contributed by atoms with E-state index in [4.69, 9.17) is 4.74 Å². The van der Waals surface area contributed by atoms with Gasteiger partial charge in [-0.15, -0.1) is 0 Å². The van der Waals surface area contributed by atoms with E-state index in [-0.39, 0.29) is 0 Å². The van der Waals surface area contributed by atoms with Crippen molar-refractivity contribution in [2.45, 2.75) is 5.41 Å². The zero-order valence-electron chi connectivity index (χ0n) is 34.4. The molecule has 2 nitrogen and oxygen atoms in total. The Labute approximate surface area is 367 Å². The van der Waals surface area contributed by atoms with Crippen molar-refractivity contribution in [1.82, 2.24) is 0 Å². The van der Waals surface area contributed by atoms with Gasteiger partial charge in [0, 0.05) is 27.9 Å². The van der Waals surface area contributed by atoms with Gasteiger partial charge in [-0.3, -0.25) is 0 Å². The first kappa shape index (κ1) is 35.5. The van der Waals surface area contributed by atoms with E-state index in [1.807, 2.05) is 6.07 Å². The first-order valence-corrected chi connectivity index (χ1v) is 21.8. The van der Waals surface area contributed by atoms with Crippen LogP contribution in [0.3, 0.4) is 0 Å². The molecule has 3 aliphatic rings. The number of ether oxygens (including phenoxy) is 1. The zero-order valence-corrected chi connectivity index (χ0v) is 34.4. The zero-order chi connectivity index (χ0) is 41.5. The Morgan fingerprint density at radius 2 is 0.730 bits per heavy atom. The lowest BCUT2D eigenvalue weighted by Crippen LogP contribution is -2.29. The third kappa shape index (κ3) is 5.13. The number of benzene rings is 10. The Morgan fingerprint density at radius 3 is 1.38 bits per heavy atom. The van der Waals surface area contributed by atoms with E-state index in [1.165, 1.54) is 55.6 Å². The topological polar surface area (TPSA) is 12.5 Å². The highest BCUT2D eigenvalue weighted by Crippen LogP contribution is 2.64. The van der Waals surface area contributed by atoms with Gasteiger partial charge in [-0.1, -0.05) is 200 Å². The molecule has 0 atom stereocenters. The molecule has 0 fully saturated rings. The van der Waals surface area contributed by atoms with Gasteiger partial charge in [0.1, 0.15) is 11.5 Å². The lowest BCUT2D eigenvalue weighted by molar-refractivity contribution is 0.488. The van der Waals surface area contributed by atoms with E-state index in [1.54, 1.807) is 0 Å². The van der Waals surface area contributed by atoms with Crippen molar-refractivity contribution in [3.8, 4) is 78.3 Å². The van der Waals surface area contributed by atoms with Gasteiger partial charge < -0.3 is 9.64 Å². The maximum atomic E-state index is 6.67. The molecule has 10 aromatic rings. The van der Waals surface area contributed by atoms with Crippen LogP contribution in [-0.4, -0.2) is 0 Å². The average molecular weight is 802 g/mol. The molecule has 2 aliphatic carbocycles. The monoisotopic (exact) mass is 801 g/mol. The minimum absolute atomic E-state index is 0.605. The third-order valence-corrected chi connectivity index (χ3v) is 13.5. The summed E-state index contributed by atoms with van der Waals surface area (Å²) in [6, 6.07) is 86.8. The third-order valence-electron chi connectivity index (χ3n) is 13.5. The van der Waals surface area contributed by atoms with Gasteiger partial charge in [-0.25, -0.2) is 0 Å². The summed E-state index contributed by atoms with van der Waals surface area (Å²) < 4.78 is 6.67. The minimum atomic E-state index is -0.605. The van der Waals surface area contributed by atoms with Crippen molar-refractivity contribution in [2.75, 3.05) is 4.90 Å². The number of anilines is 3. The molecule has 2 heteroatoms. The molecule has 63 heavy (non-hydrogen) atoms. The van der Waals surface area contributed by atoms with E-state index < -0.39 is 5.41 Å². The maximum absolute atomic E-state index is 6.67. The van der Waals surface area contributed by atoms with Crippen LogP contribution < -0.4 is 9.64 Å². The van der Waals surface area contributed by atoms with Crippen LogP contribution >= 0.6 is 0 Å². The first-order valence-electron chi connectivity index (χ1n) is 21.8. The van der Waals surface area contributed by atoms with Crippen molar-refractivity contribution in [3.63, 3.8) is 0 Å². The summed E-state index contributed by atoms with van der Waals surface area (Å²) in [6.07, 6.45) is 0. The normalized spacial score (nSPS) is 13.0. The molecule has 1 spiro atoms. The maximum Gasteiger partial charge on any atom is 0.135 e. The van der Waals surface area contributed by atoms with Crippen LogP contribution in [-0.2, 0) is 5.41 Å². The van der Waals surface area contributed by atoms with Gasteiger partial charge in [0.15, 0.2) is 0 Å². The lowest BCUT2D eigenvalue weighted by Gasteiger charge is -2.36. The molecule has 0 amide bonds. The smallest absolute Gasteiger partial charge is 0.135 e. The van der Waals surface area contributed by atoms with E-state index >= 15 is 0 Å². The predicted molar refractivity (Wildman–Crippen MR) is 259 cm³/mol. The highest BCUT2D eigenvalue weighted by Gasteiger charge is 2.50. The molecule has 1 aliphatic heterocycles. The molecule has 0 aromatic heterocycles. The SMILES string of the molecule is c1ccc(-c2ccccc2N(c2ccc3c(c2)-c2ccccc2Oc2ccccc2-3)c2cccc3c2-c2ccccc2C32c3ccccc3-c3ccccc3-c3ccccc32)cc1. The van der Waals surface area contributed by atoms with Crippen LogP contribution in [0.15, 0.2) is 237 Å². The Bertz CT molecular complexity index is 3390. The second-order valence-electron chi connectivity index (χ2n) is 16.7. The second kappa shape index (κ2) is 13.9. The fourth-order valence-corrected chi connectivity index (χ4v) is 11.0. The van der Waals surface area contributed by atoms with Crippen LogP contribution in [0, 0.1) is 0 Å². The van der Waals surface area contributed by atoms with Gasteiger partial charge in [-0.2, -0.15) is 0 Å². The van der Waals surface area contributed by atoms with Gasteiger partial charge in [-0.05, 0) is 103 Å². The van der Waals surface area contributed by atoms with Crippen molar-refractivity contribution >= 4 is 17.1 Å². The Kier molecular flexibility index (Phi) is 7.85. The summed E-state index contributed by atoms with van der Waals surface area (Å²) >= 11 is 0. The van der Waals surface area contributed by atoms with Crippen LogP contribution in [0.2, 0.25) is 0 Å². The molecule has 0 saturated carbocycles. The molecular weight excluding hydrogens is 763 g/mol. The fraction of sp³-hybridized carbons (Fsp3) is 0.0164.